The van der Waals surface area contributed by atoms with E-state index in [1.165, 1.54) is 5.56 Å². The zero-order valence-electron chi connectivity index (χ0n) is 23.2. The second-order valence-electron chi connectivity index (χ2n) is 10.7. The number of anilines is 3. The first kappa shape index (κ1) is 26.9. The van der Waals surface area contributed by atoms with Crippen LogP contribution in [0.2, 0.25) is 0 Å². The van der Waals surface area contributed by atoms with Gasteiger partial charge in [0.2, 0.25) is 0 Å². The fourth-order valence-electron chi connectivity index (χ4n) is 5.09. The van der Waals surface area contributed by atoms with Gasteiger partial charge in [-0.05, 0) is 61.1 Å². The highest BCUT2D eigenvalue weighted by Gasteiger charge is 2.17. The Morgan fingerprint density at radius 3 is 2.26 bits per heavy atom. The van der Waals surface area contributed by atoms with Gasteiger partial charge in [0.15, 0.2) is 0 Å². The molecular weight excluding hydrogens is 484 g/mol. The molecule has 4 heterocycles. The molecule has 0 radical (unpaired) electrons. The van der Waals surface area contributed by atoms with Crippen LogP contribution in [0.25, 0.3) is 16.7 Å². The highest BCUT2D eigenvalue weighted by molar-refractivity contribution is 5.88. The Bertz CT molecular complexity index is 1300. The molecule has 3 N–H and O–H groups in total. The third kappa shape index (κ3) is 6.65. The molecule has 5 rings (SSSR count). The number of piperazine rings is 2. The lowest BCUT2D eigenvalue weighted by atomic mass is 9.97. The molecular formula is C31H40N8. The van der Waals surface area contributed by atoms with Crippen LogP contribution in [0, 0.1) is 0 Å². The lowest BCUT2D eigenvalue weighted by Gasteiger charge is -2.33. The minimum absolute atomic E-state index is 0.664. The van der Waals surface area contributed by atoms with Crippen molar-refractivity contribution in [2.24, 2.45) is 0 Å². The number of nitrogen functional groups attached to an aromatic ring is 1. The topological polar surface area (TPSA) is 76.8 Å². The molecule has 204 valence electrons. The van der Waals surface area contributed by atoms with E-state index >= 15 is 0 Å². The Labute approximate surface area is 232 Å². The molecule has 3 aromatic rings. The molecule has 0 spiro atoms. The Morgan fingerprint density at radius 2 is 1.56 bits per heavy atom. The molecule has 39 heavy (non-hydrogen) atoms. The Morgan fingerprint density at radius 1 is 0.846 bits per heavy atom. The van der Waals surface area contributed by atoms with Crippen LogP contribution in [0.4, 0.5) is 17.2 Å². The maximum absolute atomic E-state index is 6.40. The highest BCUT2D eigenvalue weighted by Crippen LogP contribution is 2.31. The van der Waals surface area contributed by atoms with Gasteiger partial charge in [0.25, 0.3) is 0 Å². The number of benzene rings is 1. The summed E-state index contributed by atoms with van der Waals surface area (Å²) in [5.41, 5.74) is 13.6. The van der Waals surface area contributed by atoms with E-state index in [1.807, 2.05) is 36.8 Å². The van der Waals surface area contributed by atoms with E-state index < -0.39 is 0 Å². The first-order valence-electron chi connectivity index (χ1n) is 13.7. The monoisotopic (exact) mass is 524 g/mol. The maximum Gasteiger partial charge on any atom is 0.128 e. The van der Waals surface area contributed by atoms with E-state index in [9.17, 15) is 0 Å². The summed E-state index contributed by atoms with van der Waals surface area (Å²) in [5, 5.41) is 3.36. The van der Waals surface area contributed by atoms with Crippen molar-refractivity contribution >= 4 is 22.8 Å². The first-order valence-corrected chi connectivity index (χ1v) is 13.7. The van der Waals surface area contributed by atoms with Crippen molar-refractivity contribution in [3.8, 4) is 11.1 Å². The van der Waals surface area contributed by atoms with Gasteiger partial charge in [-0.25, -0.2) is 4.98 Å². The van der Waals surface area contributed by atoms with Gasteiger partial charge in [0.05, 0.1) is 11.9 Å². The van der Waals surface area contributed by atoms with E-state index in [0.29, 0.717) is 11.4 Å². The van der Waals surface area contributed by atoms with E-state index in [-0.39, 0.29) is 0 Å². The van der Waals surface area contributed by atoms with E-state index in [4.69, 9.17) is 5.73 Å². The van der Waals surface area contributed by atoms with Crippen LogP contribution in [0.15, 0.2) is 73.8 Å². The van der Waals surface area contributed by atoms with Crippen molar-refractivity contribution in [1.29, 1.82) is 0 Å². The summed E-state index contributed by atoms with van der Waals surface area (Å²) in [5.74, 6) is 0.999. The number of nitrogens with zero attached hydrogens (tertiary/aromatic N) is 6. The molecule has 0 unspecified atom stereocenters. The number of likely N-dealkylation sites (N-methyl/N-ethyl adjacent to an activating group) is 2. The van der Waals surface area contributed by atoms with Crippen LogP contribution >= 0.6 is 0 Å². The molecule has 2 aliphatic heterocycles. The number of rotatable bonds is 8. The van der Waals surface area contributed by atoms with Gasteiger partial charge in [-0.1, -0.05) is 19.2 Å². The van der Waals surface area contributed by atoms with Gasteiger partial charge in [0, 0.05) is 93.8 Å². The largest absolute Gasteiger partial charge is 0.398 e. The van der Waals surface area contributed by atoms with Gasteiger partial charge >= 0.3 is 0 Å². The highest BCUT2D eigenvalue weighted by atomic mass is 15.3. The van der Waals surface area contributed by atoms with Gasteiger partial charge < -0.3 is 25.8 Å². The number of pyridine rings is 2. The lowest BCUT2D eigenvalue weighted by Crippen LogP contribution is -2.44. The lowest BCUT2D eigenvalue weighted by molar-refractivity contribution is 0.148. The predicted octanol–water partition coefficient (Wildman–Crippen LogP) is 3.86. The maximum atomic E-state index is 6.40. The van der Waals surface area contributed by atoms with Crippen molar-refractivity contribution in [2.45, 2.75) is 6.54 Å². The van der Waals surface area contributed by atoms with Crippen molar-refractivity contribution in [3.63, 3.8) is 0 Å². The van der Waals surface area contributed by atoms with Gasteiger partial charge in [0.1, 0.15) is 5.82 Å². The SMILES string of the molecule is C=C(Nc1ccc(N2CCN(C)CC2)nc1)C(=C)c1cc(-c2cncc(CN3CCN(C)CC3)c2)ccc1N. The van der Waals surface area contributed by atoms with Crippen LogP contribution in [-0.4, -0.2) is 91.1 Å². The Balaban J connectivity index is 1.25. The molecule has 0 saturated carbocycles. The van der Waals surface area contributed by atoms with Crippen molar-refractivity contribution in [2.75, 3.05) is 82.4 Å². The molecule has 0 atom stereocenters. The summed E-state index contributed by atoms with van der Waals surface area (Å²) in [6.45, 7) is 17.9. The molecule has 2 aromatic heterocycles. The second kappa shape index (κ2) is 12.0. The third-order valence-corrected chi connectivity index (χ3v) is 7.74. The average Bonchev–Trinajstić information content (AvgIpc) is 2.95. The summed E-state index contributed by atoms with van der Waals surface area (Å²) < 4.78 is 0. The summed E-state index contributed by atoms with van der Waals surface area (Å²) in [6, 6.07) is 12.4. The number of hydrogen-bond donors (Lipinski definition) is 2. The summed E-state index contributed by atoms with van der Waals surface area (Å²) in [4.78, 5) is 18.7. The standard InChI is InChI=1S/C31H40N8/c1-23(24(2)35-28-6-8-31(34-21-28)39-15-11-37(4)12-16-39)29-18-26(5-7-30(29)32)27-17-25(19-33-20-27)22-38-13-9-36(3)10-14-38/h5-8,17-21,35H,1-2,9-16,22,32H2,3-4H3. The van der Waals surface area contributed by atoms with Gasteiger partial charge in [-0.3, -0.25) is 9.88 Å². The van der Waals surface area contributed by atoms with Gasteiger partial charge in [-0.15, -0.1) is 0 Å². The number of nitrogens with two attached hydrogens (primary N) is 1. The smallest absolute Gasteiger partial charge is 0.128 e. The fourth-order valence-corrected chi connectivity index (χ4v) is 5.09. The van der Waals surface area contributed by atoms with Crippen molar-refractivity contribution in [3.05, 3.63) is 85.0 Å². The second-order valence-corrected chi connectivity index (χ2v) is 10.7. The molecule has 0 aliphatic carbocycles. The molecule has 1 aromatic carbocycles. The van der Waals surface area contributed by atoms with E-state index in [0.717, 1.165) is 92.7 Å². The Kier molecular flexibility index (Phi) is 8.26. The first-order chi connectivity index (χ1) is 18.9. The van der Waals surface area contributed by atoms with Crippen molar-refractivity contribution < 1.29 is 0 Å². The van der Waals surface area contributed by atoms with Gasteiger partial charge in [-0.2, -0.15) is 0 Å². The Hall–Kier alpha value is -3.72. The average molecular weight is 525 g/mol. The normalized spacial score (nSPS) is 17.2. The van der Waals surface area contributed by atoms with Crippen LogP contribution in [-0.2, 0) is 6.54 Å². The van der Waals surface area contributed by atoms with Crippen LogP contribution in [0.3, 0.4) is 0 Å². The number of nitrogens with one attached hydrogen (secondary N) is 1. The molecule has 0 amide bonds. The molecule has 2 fully saturated rings. The summed E-state index contributed by atoms with van der Waals surface area (Å²) >= 11 is 0. The molecule has 0 bridgehead atoms. The summed E-state index contributed by atoms with van der Waals surface area (Å²) in [6.07, 6.45) is 5.73. The quantitative estimate of drug-likeness (QED) is 0.340. The fraction of sp³-hybridized carbons (Fsp3) is 0.355. The van der Waals surface area contributed by atoms with Crippen molar-refractivity contribution in [1.82, 2.24) is 24.7 Å². The predicted molar refractivity (Wildman–Crippen MR) is 163 cm³/mol. The van der Waals surface area contributed by atoms with Crippen LogP contribution < -0.4 is 16.0 Å². The van der Waals surface area contributed by atoms with E-state index in [2.05, 4.69) is 80.3 Å². The molecule has 8 nitrogen and oxygen atoms in total. The number of aromatic nitrogens is 2. The molecule has 8 heteroatoms. The van der Waals surface area contributed by atoms with E-state index in [1.54, 1.807) is 0 Å². The summed E-state index contributed by atoms with van der Waals surface area (Å²) in [7, 11) is 4.33. The number of allylic oxidation sites excluding steroid dienone is 1. The zero-order chi connectivity index (χ0) is 27.4. The number of hydrogen-bond acceptors (Lipinski definition) is 8. The van der Waals surface area contributed by atoms with Crippen LogP contribution in [0.5, 0.6) is 0 Å². The van der Waals surface area contributed by atoms with Crippen LogP contribution in [0.1, 0.15) is 11.1 Å². The minimum Gasteiger partial charge on any atom is -0.398 e. The molecule has 2 aliphatic rings. The molecule has 2 saturated heterocycles. The zero-order valence-corrected chi connectivity index (χ0v) is 23.2. The minimum atomic E-state index is 0.664. The third-order valence-electron chi connectivity index (χ3n) is 7.74.